The molecule has 4 heteroatoms. The average Bonchev–Trinajstić information content (AvgIpc) is 3.59. The normalized spacial score (nSPS) is 13.5. The van der Waals surface area contributed by atoms with Gasteiger partial charge in [0, 0.05) is 34.9 Å². The maximum absolute atomic E-state index is 5.32. The van der Waals surface area contributed by atoms with Crippen LogP contribution in [0, 0.1) is 0 Å². The molecule has 3 aromatic carbocycles. The molecule has 0 saturated carbocycles. The minimum Gasteiger partial charge on any atom is -0.290 e. The lowest BCUT2D eigenvalue weighted by atomic mass is 9.94. The summed E-state index contributed by atoms with van der Waals surface area (Å²) >= 11 is 0. The van der Waals surface area contributed by atoms with E-state index in [1.807, 2.05) is 24.7 Å². The summed E-state index contributed by atoms with van der Waals surface area (Å²) in [5.41, 5.74) is 16.2. The third-order valence-corrected chi connectivity index (χ3v) is 7.97. The number of hydrogen-bond acceptors (Lipinski definition) is 3. The molecule has 2 aliphatic carbocycles. The molecule has 0 spiro atoms. The van der Waals surface area contributed by atoms with E-state index in [0.717, 1.165) is 51.3 Å². The Balaban J connectivity index is 1.45. The maximum atomic E-state index is 5.32. The summed E-state index contributed by atoms with van der Waals surface area (Å²) in [5, 5.41) is 2.19. The van der Waals surface area contributed by atoms with Crippen LogP contribution in [0.2, 0.25) is 0 Å². The van der Waals surface area contributed by atoms with Crippen molar-refractivity contribution in [1.82, 2.24) is 19.4 Å². The van der Waals surface area contributed by atoms with Crippen molar-refractivity contribution in [3.63, 3.8) is 0 Å². The third-order valence-electron chi connectivity index (χ3n) is 7.97. The molecule has 0 N–H and O–H groups in total. The Morgan fingerprint density at radius 3 is 2.54 bits per heavy atom. The summed E-state index contributed by atoms with van der Waals surface area (Å²) in [4.78, 5) is 14.5. The van der Waals surface area contributed by atoms with Crippen LogP contribution >= 0.6 is 0 Å². The Labute approximate surface area is 200 Å². The number of fused-ring (bicyclic) bond motifs is 16. The van der Waals surface area contributed by atoms with Crippen LogP contribution in [0.5, 0.6) is 0 Å². The Kier molecular flexibility index (Phi) is 3.11. The number of benzene rings is 3. The van der Waals surface area contributed by atoms with E-state index in [0.29, 0.717) is 0 Å². The molecule has 0 bridgehead atoms. The largest absolute Gasteiger partial charge is 0.290 e. The van der Waals surface area contributed by atoms with E-state index in [1.165, 1.54) is 44.5 Å². The monoisotopic (exact) mass is 446 g/mol. The summed E-state index contributed by atoms with van der Waals surface area (Å²) in [7, 11) is 0. The van der Waals surface area contributed by atoms with Crippen LogP contribution in [-0.4, -0.2) is 19.4 Å². The van der Waals surface area contributed by atoms with Gasteiger partial charge in [0.15, 0.2) is 5.65 Å². The first-order valence-corrected chi connectivity index (χ1v) is 12.0. The van der Waals surface area contributed by atoms with Crippen molar-refractivity contribution in [1.29, 1.82) is 0 Å². The van der Waals surface area contributed by atoms with E-state index in [1.54, 1.807) is 0 Å². The molecule has 0 saturated heterocycles. The van der Waals surface area contributed by atoms with E-state index in [9.17, 15) is 0 Å². The molecule has 4 nitrogen and oxygen atoms in total. The van der Waals surface area contributed by atoms with Crippen molar-refractivity contribution in [2.75, 3.05) is 0 Å². The molecular formula is C31H18N4. The minimum absolute atomic E-state index is 0.909. The van der Waals surface area contributed by atoms with E-state index in [2.05, 4.69) is 70.0 Å². The number of rotatable bonds is 0. The Bertz CT molecular complexity index is 2070. The van der Waals surface area contributed by atoms with Crippen molar-refractivity contribution in [2.24, 2.45) is 0 Å². The summed E-state index contributed by atoms with van der Waals surface area (Å²) in [6, 6.07) is 24.2. The van der Waals surface area contributed by atoms with Crippen LogP contribution in [0.3, 0.4) is 0 Å². The lowest BCUT2D eigenvalue weighted by molar-refractivity contribution is 1.23. The van der Waals surface area contributed by atoms with Crippen LogP contribution in [0.1, 0.15) is 22.3 Å². The number of hydrogen-bond donors (Lipinski definition) is 0. The Morgan fingerprint density at radius 2 is 1.54 bits per heavy atom. The van der Waals surface area contributed by atoms with E-state index >= 15 is 0 Å². The fraction of sp³-hybridized carbons (Fsp3) is 0.0645. The second-order valence-electron chi connectivity index (χ2n) is 9.67. The maximum Gasteiger partial charge on any atom is 0.165 e. The number of pyridine rings is 3. The SMILES string of the molecule is c1ccc2c(c1)Cc1c-2ccc2c1-c1c(ccc3c1nc1c4ncccc4c4cnccc4n31)C2. The highest BCUT2D eigenvalue weighted by atomic mass is 15.0. The first kappa shape index (κ1) is 17.8. The molecule has 0 aliphatic heterocycles. The quantitative estimate of drug-likeness (QED) is 0.243. The summed E-state index contributed by atoms with van der Waals surface area (Å²) in [6.45, 7) is 0. The summed E-state index contributed by atoms with van der Waals surface area (Å²) in [5.74, 6) is 0. The Hall–Kier alpha value is -4.57. The van der Waals surface area contributed by atoms with Crippen LogP contribution in [0.25, 0.3) is 60.7 Å². The molecule has 4 heterocycles. The second kappa shape index (κ2) is 6.10. The summed E-state index contributed by atoms with van der Waals surface area (Å²) < 4.78 is 2.28. The number of aromatic nitrogens is 4. The molecule has 0 unspecified atom stereocenters. The van der Waals surface area contributed by atoms with Gasteiger partial charge in [-0.3, -0.25) is 14.4 Å². The van der Waals surface area contributed by atoms with Crippen molar-refractivity contribution in [3.8, 4) is 22.3 Å². The van der Waals surface area contributed by atoms with Gasteiger partial charge in [-0.2, -0.15) is 0 Å². The van der Waals surface area contributed by atoms with E-state index < -0.39 is 0 Å². The van der Waals surface area contributed by atoms with Gasteiger partial charge in [0.25, 0.3) is 0 Å². The zero-order valence-corrected chi connectivity index (χ0v) is 18.8. The van der Waals surface area contributed by atoms with Crippen LogP contribution in [-0.2, 0) is 12.8 Å². The number of imidazole rings is 1. The molecular weight excluding hydrogens is 428 g/mol. The van der Waals surface area contributed by atoms with E-state index in [4.69, 9.17) is 9.97 Å². The van der Waals surface area contributed by atoms with Crippen LogP contribution in [0.15, 0.2) is 85.3 Å². The van der Waals surface area contributed by atoms with Crippen LogP contribution < -0.4 is 0 Å². The predicted octanol–water partition coefficient (Wildman–Crippen LogP) is 6.73. The molecule has 2 aliphatic rings. The molecule has 0 amide bonds. The lowest BCUT2D eigenvalue weighted by Gasteiger charge is -2.10. The molecule has 0 fully saturated rings. The fourth-order valence-corrected chi connectivity index (χ4v) is 6.53. The van der Waals surface area contributed by atoms with Gasteiger partial charge in [0.05, 0.1) is 16.6 Å². The second-order valence-corrected chi connectivity index (χ2v) is 9.67. The zero-order chi connectivity index (χ0) is 22.7. The molecule has 35 heavy (non-hydrogen) atoms. The Morgan fingerprint density at radius 1 is 0.629 bits per heavy atom. The first-order valence-electron chi connectivity index (χ1n) is 12.0. The molecule has 7 aromatic rings. The average molecular weight is 447 g/mol. The van der Waals surface area contributed by atoms with Gasteiger partial charge in [0.2, 0.25) is 0 Å². The molecule has 0 atom stereocenters. The van der Waals surface area contributed by atoms with Crippen LogP contribution in [0.4, 0.5) is 0 Å². The van der Waals surface area contributed by atoms with Crippen molar-refractivity contribution >= 4 is 38.5 Å². The number of nitrogens with zero attached hydrogens (tertiary/aromatic N) is 4. The third kappa shape index (κ3) is 2.11. The molecule has 0 radical (unpaired) electrons. The summed E-state index contributed by atoms with van der Waals surface area (Å²) in [6.07, 6.45) is 7.60. The van der Waals surface area contributed by atoms with Crippen molar-refractivity contribution in [3.05, 3.63) is 108 Å². The van der Waals surface area contributed by atoms with Crippen molar-refractivity contribution < 1.29 is 0 Å². The topological polar surface area (TPSA) is 43.1 Å². The molecule has 162 valence electrons. The smallest absolute Gasteiger partial charge is 0.165 e. The lowest BCUT2D eigenvalue weighted by Crippen LogP contribution is -1.93. The van der Waals surface area contributed by atoms with E-state index in [-0.39, 0.29) is 0 Å². The highest BCUT2D eigenvalue weighted by Gasteiger charge is 2.31. The van der Waals surface area contributed by atoms with Gasteiger partial charge in [-0.05, 0) is 70.0 Å². The van der Waals surface area contributed by atoms with Gasteiger partial charge in [-0.15, -0.1) is 0 Å². The first-order chi connectivity index (χ1) is 17.4. The van der Waals surface area contributed by atoms with Gasteiger partial charge in [0.1, 0.15) is 5.52 Å². The standard InChI is InChI=1S/C31H18N4/c1-2-5-20-17(4-1)15-23-21(20)9-7-18-14-19-8-10-26-30(28(19)27(18)23)34-31-29-22(6-3-12-33-29)24-16-32-13-11-25(24)35(26)31/h1-13,16H,14-15H2. The van der Waals surface area contributed by atoms with Gasteiger partial charge in [-0.1, -0.05) is 48.5 Å². The zero-order valence-electron chi connectivity index (χ0n) is 18.8. The van der Waals surface area contributed by atoms with Gasteiger partial charge >= 0.3 is 0 Å². The minimum atomic E-state index is 0.909. The predicted molar refractivity (Wildman–Crippen MR) is 140 cm³/mol. The highest BCUT2D eigenvalue weighted by molar-refractivity contribution is 6.13. The van der Waals surface area contributed by atoms with Gasteiger partial charge in [-0.25, -0.2) is 4.98 Å². The fourth-order valence-electron chi connectivity index (χ4n) is 6.53. The van der Waals surface area contributed by atoms with Gasteiger partial charge < -0.3 is 0 Å². The molecule has 9 rings (SSSR count). The molecule has 4 aromatic heterocycles. The highest BCUT2D eigenvalue weighted by Crippen LogP contribution is 2.49. The van der Waals surface area contributed by atoms with Crippen molar-refractivity contribution in [2.45, 2.75) is 12.8 Å².